The van der Waals surface area contributed by atoms with E-state index in [1.54, 1.807) is 30.2 Å². The third-order valence-corrected chi connectivity index (χ3v) is 3.13. The van der Waals surface area contributed by atoms with Gasteiger partial charge in [-0.1, -0.05) is 0 Å². The number of carboxylic acids is 1. The minimum absolute atomic E-state index is 0.177. The predicted octanol–water partition coefficient (Wildman–Crippen LogP) is -0.0313. The maximum absolute atomic E-state index is 12.2. The molecule has 2 N–H and O–H groups in total. The molecule has 0 spiro atoms. The molecule has 1 aliphatic rings. The lowest BCUT2D eigenvalue weighted by molar-refractivity contribution is -0.141. The zero-order valence-electron chi connectivity index (χ0n) is 10.0. The van der Waals surface area contributed by atoms with Gasteiger partial charge in [0.05, 0.1) is 11.6 Å². The first-order chi connectivity index (χ1) is 8.61. The van der Waals surface area contributed by atoms with Crippen molar-refractivity contribution in [3.63, 3.8) is 0 Å². The van der Waals surface area contributed by atoms with Crippen LogP contribution in [0.2, 0.25) is 0 Å². The van der Waals surface area contributed by atoms with Crippen molar-refractivity contribution >= 4 is 11.9 Å². The van der Waals surface area contributed by atoms with Gasteiger partial charge in [0.2, 0.25) is 0 Å². The molecule has 1 saturated heterocycles. The van der Waals surface area contributed by atoms with Crippen molar-refractivity contribution in [2.24, 2.45) is 0 Å². The number of aliphatic carboxylic acids is 1. The first-order valence-electron chi connectivity index (χ1n) is 5.78. The number of nitrogens with one attached hydrogen (secondary N) is 1. The molecule has 1 amide bonds. The summed E-state index contributed by atoms with van der Waals surface area (Å²) >= 11 is 0. The molecule has 96 valence electrons. The average molecular weight is 249 g/mol. The molecule has 0 bridgehead atoms. The lowest BCUT2D eigenvalue weighted by Crippen LogP contribution is -2.61. The van der Waals surface area contributed by atoms with Crippen LogP contribution in [0.4, 0.5) is 0 Å². The SMILES string of the molecule is CC1C(C(=O)O)NCCN1C(=O)c1cccnc1. The molecule has 2 rings (SSSR count). The van der Waals surface area contributed by atoms with E-state index < -0.39 is 12.0 Å². The van der Waals surface area contributed by atoms with Gasteiger partial charge in [-0.25, -0.2) is 0 Å². The zero-order chi connectivity index (χ0) is 13.1. The van der Waals surface area contributed by atoms with Crippen molar-refractivity contribution in [1.29, 1.82) is 0 Å². The Hall–Kier alpha value is -1.95. The van der Waals surface area contributed by atoms with Crippen LogP contribution in [0.25, 0.3) is 0 Å². The molecule has 2 heterocycles. The number of rotatable bonds is 2. The second-order valence-corrected chi connectivity index (χ2v) is 4.25. The molecule has 0 radical (unpaired) electrons. The van der Waals surface area contributed by atoms with Gasteiger partial charge < -0.3 is 15.3 Å². The fourth-order valence-corrected chi connectivity index (χ4v) is 2.13. The molecule has 1 fully saturated rings. The number of carbonyl (C=O) groups excluding carboxylic acids is 1. The summed E-state index contributed by atoms with van der Waals surface area (Å²) < 4.78 is 0. The van der Waals surface area contributed by atoms with Crippen LogP contribution in [0.5, 0.6) is 0 Å². The van der Waals surface area contributed by atoms with Crippen molar-refractivity contribution in [2.75, 3.05) is 13.1 Å². The van der Waals surface area contributed by atoms with Crippen LogP contribution < -0.4 is 5.32 Å². The molecule has 2 unspecified atom stereocenters. The predicted molar refractivity (Wildman–Crippen MR) is 64.2 cm³/mol. The van der Waals surface area contributed by atoms with Gasteiger partial charge in [0.1, 0.15) is 6.04 Å². The lowest BCUT2D eigenvalue weighted by atomic mass is 10.0. The van der Waals surface area contributed by atoms with Gasteiger partial charge in [-0.2, -0.15) is 0 Å². The van der Waals surface area contributed by atoms with Gasteiger partial charge in [0, 0.05) is 25.5 Å². The van der Waals surface area contributed by atoms with Crippen LogP contribution in [0.3, 0.4) is 0 Å². The maximum Gasteiger partial charge on any atom is 0.322 e. The van der Waals surface area contributed by atoms with Crippen molar-refractivity contribution in [3.05, 3.63) is 30.1 Å². The molecule has 0 saturated carbocycles. The largest absolute Gasteiger partial charge is 0.480 e. The summed E-state index contributed by atoms with van der Waals surface area (Å²) in [5.41, 5.74) is 0.482. The molecular formula is C12H15N3O3. The molecular weight excluding hydrogens is 234 g/mol. The van der Waals surface area contributed by atoms with Gasteiger partial charge in [-0.05, 0) is 19.1 Å². The Balaban J connectivity index is 2.18. The molecule has 0 aliphatic carbocycles. The lowest BCUT2D eigenvalue weighted by Gasteiger charge is -2.38. The summed E-state index contributed by atoms with van der Waals surface area (Å²) in [7, 11) is 0. The van der Waals surface area contributed by atoms with Gasteiger partial charge >= 0.3 is 5.97 Å². The van der Waals surface area contributed by atoms with Crippen LogP contribution in [0, 0.1) is 0 Å². The van der Waals surface area contributed by atoms with Gasteiger partial charge in [-0.3, -0.25) is 14.6 Å². The number of hydrogen-bond acceptors (Lipinski definition) is 4. The molecule has 1 aromatic rings. The normalized spacial score (nSPS) is 23.7. The average Bonchev–Trinajstić information content (AvgIpc) is 2.39. The number of amides is 1. The maximum atomic E-state index is 12.2. The van der Waals surface area contributed by atoms with Crippen molar-refractivity contribution in [2.45, 2.75) is 19.0 Å². The number of carboxylic acid groups (broad SMARTS) is 1. The molecule has 2 atom stereocenters. The van der Waals surface area contributed by atoms with Crippen LogP contribution in [0.1, 0.15) is 17.3 Å². The van der Waals surface area contributed by atoms with Gasteiger partial charge in [0.15, 0.2) is 0 Å². The Kier molecular flexibility index (Phi) is 3.57. The number of pyridine rings is 1. The van der Waals surface area contributed by atoms with E-state index in [9.17, 15) is 9.59 Å². The van der Waals surface area contributed by atoms with E-state index in [1.807, 2.05) is 0 Å². The van der Waals surface area contributed by atoms with E-state index in [0.717, 1.165) is 0 Å². The fourth-order valence-electron chi connectivity index (χ4n) is 2.13. The number of piperazine rings is 1. The quantitative estimate of drug-likeness (QED) is 0.769. The van der Waals surface area contributed by atoms with Crippen molar-refractivity contribution < 1.29 is 14.7 Å². The Bertz CT molecular complexity index is 449. The summed E-state index contributed by atoms with van der Waals surface area (Å²) in [5.74, 6) is -1.12. The highest BCUT2D eigenvalue weighted by atomic mass is 16.4. The van der Waals surface area contributed by atoms with E-state index in [2.05, 4.69) is 10.3 Å². The first-order valence-corrected chi connectivity index (χ1v) is 5.78. The minimum atomic E-state index is -0.939. The number of hydrogen-bond donors (Lipinski definition) is 2. The van der Waals surface area contributed by atoms with Crippen LogP contribution in [-0.4, -0.2) is 52.0 Å². The summed E-state index contributed by atoms with van der Waals surface area (Å²) in [4.78, 5) is 28.8. The van der Waals surface area contributed by atoms with E-state index in [0.29, 0.717) is 18.7 Å². The van der Waals surface area contributed by atoms with Crippen molar-refractivity contribution in [3.8, 4) is 0 Å². The molecule has 1 aliphatic heterocycles. The summed E-state index contributed by atoms with van der Waals surface area (Å²) in [6, 6.07) is 2.26. The Labute approximate surface area is 105 Å². The third-order valence-electron chi connectivity index (χ3n) is 3.13. The van der Waals surface area contributed by atoms with E-state index in [-0.39, 0.29) is 11.9 Å². The molecule has 6 heteroatoms. The van der Waals surface area contributed by atoms with Crippen LogP contribution in [-0.2, 0) is 4.79 Å². The molecule has 6 nitrogen and oxygen atoms in total. The van der Waals surface area contributed by atoms with E-state index >= 15 is 0 Å². The smallest absolute Gasteiger partial charge is 0.322 e. The molecule has 0 aromatic carbocycles. The van der Waals surface area contributed by atoms with E-state index in [4.69, 9.17) is 5.11 Å². The van der Waals surface area contributed by atoms with Crippen LogP contribution in [0.15, 0.2) is 24.5 Å². The first kappa shape index (κ1) is 12.5. The Morgan fingerprint density at radius 1 is 1.56 bits per heavy atom. The van der Waals surface area contributed by atoms with Crippen LogP contribution >= 0.6 is 0 Å². The Morgan fingerprint density at radius 2 is 2.33 bits per heavy atom. The number of aromatic nitrogens is 1. The highest BCUT2D eigenvalue weighted by Crippen LogP contribution is 2.13. The molecule has 18 heavy (non-hydrogen) atoms. The second kappa shape index (κ2) is 5.14. The van der Waals surface area contributed by atoms with Crippen molar-refractivity contribution in [1.82, 2.24) is 15.2 Å². The fraction of sp³-hybridized carbons (Fsp3) is 0.417. The minimum Gasteiger partial charge on any atom is -0.480 e. The summed E-state index contributed by atoms with van der Waals surface area (Å²) in [6.07, 6.45) is 3.09. The monoisotopic (exact) mass is 249 g/mol. The standard InChI is InChI=1S/C12H15N3O3/c1-8-10(12(17)18)14-5-6-15(8)11(16)9-3-2-4-13-7-9/h2-4,7-8,10,14H,5-6H2,1H3,(H,17,18). The Morgan fingerprint density at radius 3 is 2.94 bits per heavy atom. The second-order valence-electron chi connectivity index (χ2n) is 4.25. The zero-order valence-corrected chi connectivity index (χ0v) is 10.0. The number of carbonyl (C=O) groups is 2. The highest BCUT2D eigenvalue weighted by Gasteiger charge is 2.35. The van der Waals surface area contributed by atoms with E-state index in [1.165, 1.54) is 6.20 Å². The summed E-state index contributed by atoms with van der Waals surface area (Å²) in [5, 5.41) is 12.0. The van der Waals surface area contributed by atoms with Gasteiger partial charge in [-0.15, -0.1) is 0 Å². The highest BCUT2D eigenvalue weighted by molar-refractivity contribution is 5.94. The summed E-state index contributed by atoms with van der Waals surface area (Å²) in [6.45, 7) is 2.71. The third kappa shape index (κ3) is 2.33. The van der Waals surface area contributed by atoms with Gasteiger partial charge in [0.25, 0.3) is 5.91 Å². The molecule has 1 aromatic heterocycles. The topological polar surface area (TPSA) is 82.5 Å². The number of nitrogens with zero attached hydrogens (tertiary/aromatic N) is 2.